The Balaban J connectivity index is 1.62. The first-order chi connectivity index (χ1) is 16.2. The third-order valence-corrected chi connectivity index (χ3v) is 7.59. The van der Waals surface area contributed by atoms with Crippen molar-refractivity contribution in [1.82, 2.24) is 0 Å². The molecule has 0 aliphatic carbocycles. The highest BCUT2D eigenvalue weighted by atomic mass is 32.2. The molecule has 5 heteroatoms. The SMILES string of the molecule is N#Cc1c(F)cc(Sc2ccc3ccccc3c2)c(Sc2ccc3ccccc3c2)c1C#N. The fourth-order valence-electron chi connectivity index (χ4n) is 3.71. The molecule has 33 heavy (non-hydrogen) atoms. The van der Waals surface area contributed by atoms with Crippen molar-refractivity contribution in [3.05, 3.63) is 108 Å². The summed E-state index contributed by atoms with van der Waals surface area (Å²) in [7, 11) is 0. The van der Waals surface area contributed by atoms with Gasteiger partial charge in [-0.05, 0) is 51.9 Å². The van der Waals surface area contributed by atoms with Crippen molar-refractivity contribution in [2.45, 2.75) is 19.6 Å². The fourth-order valence-corrected chi connectivity index (χ4v) is 5.86. The molecule has 0 N–H and O–H groups in total. The molecule has 0 spiro atoms. The minimum Gasteiger partial charge on any atom is -0.205 e. The smallest absolute Gasteiger partial charge is 0.143 e. The van der Waals surface area contributed by atoms with Crippen molar-refractivity contribution in [2.24, 2.45) is 0 Å². The van der Waals surface area contributed by atoms with Gasteiger partial charge in [-0.3, -0.25) is 0 Å². The van der Waals surface area contributed by atoms with Crippen LogP contribution in [-0.2, 0) is 0 Å². The summed E-state index contributed by atoms with van der Waals surface area (Å²) in [6, 6.07) is 33.5. The first-order valence-corrected chi connectivity index (χ1v) is 11.8. The number of halogens is 1. The first kappa shape index (κ1) is 21.1. The van der Waals surface area contributed by atoms with Crippen LogP contribution in [0.25, 0.3) is 21.5 Å². The number of hydrogen-bond acceptors (Lipinski definition) is 4. The molecular weight excluding hydrogens is 447 g/mol. The average molecular weight is 463 g/mol. The summed E-state index contributed by atoms with van der Waals surface area (Å²) in [6.07, 6.45) is 0. The summed E-state index contributed by atoms with van der Waals surface area (Å²) in [5, 5.41) is 23.7. The molecule has 5 aromatic carbocycles. The number of nitriles is 2. The van der Waals surface area contributed by atoms with Crippen LogP contribution in [0.3, 0.4) is 0 Å². The van der Waals surface area contributed by atoms with E-state index in [2.05, 4.69) is 6.07 Å². The predicted molar refractivity (Wildman–Crippen MR) is 132 cm³/mol. The molecule has 0 unspecified atom stereocenters. The quantitative estimate of drug-likeness (QED) is 0.270. The van der Waals surface area contributed by atoms with E-state index in [0.29, 0.717) is 9.79 Å². The molecule has 0 aliphatic rings. The lowest BCUT2D eigenvalue weighted by molar-refractivity contribution is 0.617. The number of rotatable bonds is 4. The Kier molecular flexibility index (Phi) is 5.75. The lowest BCUT2D eigenvalue weighted by atomic mass is 10.1. The van der Waals surface area contributed by atoms with Gasteiger partial charge in [0.25, 0.3) is 0 Å². The molecule has 0 bridgehead atoms. The van der Waals surface area contributed by atoms with Gasteiger partial charge in [-0.25, -0.2) is 4.39 Å². The summed E-state index contributed by atoms with van der Waals surface area (Å²) in [5.74, 6) is -0.680. The van der Waals surface area contributed by atoms with Gasteiger partial charge in [0, 0.05) is 19.6 Å². The van der Waals surface area contributed by atoms with E-state index in [0.717, 1.165) is 31.3 Å². The Morgan fingerprint density at radius 3 is 1.64 bits per heavy atom. The zero-order chi connectivity index (χ0) is 22.8. The lowest BCUT2D eigenvalue weighted by Crippen LogP contribution is -1.96. The number of fused-ring (bicyclic) bond motifs is 2. The van der Waals surface area contributed by atoms with Crippen molar-refractivity contribution in [3.8, 4) is 12.1 Å². The van der Waals surface area contributed by atoms with E-state index in [1.807, 2.05) is 91.0 Å². The average Bonchev–Trinajstić information content (AvgIpc) is 2.85. The Labute approximate surface area is 199 Å². The van der Waals surface area contributed by atoms with Crippen LogP contribution in [-0.4, -0.2) is 0 Å². The summed E-state index contributed by atoms with van der Waals surface area (Å²) in [6.45, 7) is 0. The highest BCUT2D eigenvalue weighted by molar-refractivity contribution is 8.02. The summed E-state index contributed by atoms with van der Waals surface area (Å²) >= 11 is 2.77. The van der Waals surface area contributed by atoms with Crippen LogP contribution in [0.1, 0.15) is 11.1 Å². The maximum Gasteiger partial charge on any atom is 0.143 e. The van der Waals surface area contributed by atoms with Gasteiger partial charge >= 0.3 is 0 Å². The minimum atomic E-state index is -0.680. The Hall–Kier alpha value is -3.77. The van der Waals surface area contributed by atoms with Crippen molar-refractivity contribution < 1.29 is 4.39 Å². The summed E-state index contributed by atoms with van der Waals surface area (Å²) < 4.78 is 14.8. The van der Waals surface area contributed by atoms with Gasteiger partial charge in [-0.2, -0.15) is 10.5 Å². The second kappa shape index (κ2) is 9.00. The maximum absolute atomic E-state index is 14.8. The van der Waals surface area contributed by atoms with Gasteiger partial charge in [-0.15, -0.1) is 0 Å². The van der Waals surface area contributed by atoms with Crippen molar-refractivity contribution in [1.29, 1.82) is 10.5 Å². The molecule has 0 saturated carbocycles. The Bertz CT molecular complexity index is 1610. The molecule has 0 heterocycles. The zero-order valence-electron chi connectivity index (χ0n) is 17.2. The van der Waals surface area contributed by atoms with Crippen LogP contribution in [0.4, 0.5) is 4.39 Å². The molecule has 0 aliphatic heterocycles. The summed E-state index contributed by atoms with van der Waals surface area (Å²) in [4.78, 5) is 3.04. The molecule has 0 amide bonds. The standard InChI is InChI=1S/C28H15FN2S2/c29-26-15-27(32-22-11-9-18-5-1-3-7-20(18)13-22)28(25(17-31)24(26)16-30)33-23-12-10-19-6-2-4-8-21(19)14-23/h1-15H. The summed E-state index contributed by atoms with van der Waals surface area (Å²) in [5.41, 5.74) is -0.150. The minimum absolute atomic E-state index is 0.0685. The maximum atomic E-state index is 14.8. The van der Waals surface area contributed by atoms with Crippen LogP contribution >= 0.6 is 23.5 Å². The van der Waals surface area contributed by atoms with Gasteiger partial charge in [0.05, 0.1) is 5.56 Å². The third kappa shape index (κ3) is 4.17. The molecule has 5 rings (SSSR count). The van der Waals surface area contributed by atoms with Crippen LogP contribution in [0, 0.1) is 28.5 Å². The molecule has 0 aromatic heterocycles. The van der Waals surface area contributed by atoms with Gasteiger partial charge < -0.3 is 0 Å². The van der Waals surface area contributed by atoms with E-state index >= 15 is 0 Å². The van der Waals surface area contributed by atoms with E-state index in [4.69, 9.17) is 0 Å². The molecule has 0 radical (unpaired) electrons. The molecule has 5 aromatic rings. The largest absolute Gasteiger partial charge is 0.205 e. The third-order valence-electron chi connectivity index (χ3n) is 5.31. The van der Waals surface area contributed by atoms with E-state index < -0.39 is 5.82 Å². The first-order valence-electron chi connectivity index (χ1n) is 10.2. The van der Waals surface area contributed by atoms with Crippen molar-refractivity contribution >= 4 is 45.1 Å². The van der Waals surface area contributed by atoms with E-state index in [-0.39, 0.29) is 11.1 Å². The van der Waals surface area contributed by atoms with Gasteiger partial charge in [0.1, 0.15) is 23.5 Å². The van der Waals surface area contributed by atoms with Gasteiger partial charge in [0.2, 0.25) is 0 Å². The number of nitrogens with zero attached hydrogens (tertiary/aromatic N) is 2. The second-order valence-corrected chi connectivity index (χ2v) is 9.58. The van der Waals surface area contributed by atoms with E-state index in [9.17, 15) is 14.9 Å². The van der Waals surface area contributed by atoms with Crippen LogP contribution in [0.2, 0.25) is 0 Å². The van der Waals surface area contributed by atoms with Crippen molar-refractivity contribution in [2.75, 3.05) is 0 Å². The van der Waals surface area contributed by atoms with Crippen molar-refractivity contribution in [3.63, 3.8) is 0 Å². The van der Waals surface area contributed by atoms with Gasteiger partial charge in [-0.1, -0.05) is 84.2 Å². The number of hydrogen-bond donors (Lipinski definition) is 0. The normalized spacial score (nSPS) is 10.8. The van der Waals surface area contributed by atoms with Crippen LogP contribution in [0.5, 0.6) is 0 Å². The zero-order valence-corrected chi connectivity index (χ0v) is 18.9. The Morgan fingerprint density at radius 1 is 0.576 bits per heavy atom. The van der Waals surface area contributed by atoms with Crippen LogP contribution in [0.15, 0.2) is 111 Å². The molecule has 0 atom stereocenters. The highest BCUT2D eigenvalue weighted by Crippen LogP contribution is 2.43. The monoisotopic (exact) mass is 462 g/mol. The topological polar surface area (TPSA) is 47.6 Å². The van der Waals surface area contributed by atoms with E-state index in [1.165, 1.54) is 29.6 Å². The van der Waals surface area contributed by atoms with E-state index in [1.54, 1.807) is 0 Å². The Morgan fingerprint density at radius 2 is 1.09 bits per heavy atom. The molecular formula is C28H15FN2S2. The predicted octanol–water partition coefficient (Wildman–Crippen LogP) is 8.18. The molecule has 2 nitrogen and oxygen atoms in total. The molecule has 0 saturated heterocycles. The fraction of sp³-hybridized carbons (Fsp3) is 0. The molecule has 156 valence electrons. The highest BCUT2D eigenvalue weighted by Gasteiger charge is 2.20. The molecule has 0 fully saturated rings. The lowest BCUT2D eigenvalue weighted by Gasteiger charge is -2.14. The second-order valence-electron chi connectivity index (χ2n) is 7.38. The number of benzene rings is 5. The van der Waals surface area contributed by atoms with Gasteiger partial charge in [0.15, 0.2) is 0 Å². The van der Waals surface area contributed by atoms with Crippen LogP contribution < -0.4 is 0 Å².